The molecule has 0 saturated carbocycles. The average Bonchev–Trinajstić information content (AvgIpc) is 2.48. The van der Waals surface area contributed by atoms with Crippen LogP contribution in [0, 0.1) is 6.92 Å². The van der Waals surface area contributed by atoms with E-state index in [4.69, 9.17) is 4.74 Å². The van der Waals surface area contributed by atoms with Gasteiger partial charge < -0.3 is 9.64 Å². The maximum atomic E-state index is 11.7. The molecule has 2 aromatic rings. The molecule has 6 heteroatoms. The van der Waals surface area contributed by atoms with Gasteiger partial charge in [-0.05, 0) is 39.8 Å². The van der Waals surface area contributed by atoms with E-state index in [-0.39, 0.29) is 0 Å². The molecule has 2 rings (SSSR count). The zero-order chi connectivity index (χ0) is 17.7. The summed E-state index contributed by atoms with van der Waals surface area (Å²) in [4.78, 5) is 22.3. The molecular formula is C18H24N4O2. The fourth-order valence-corrected chi connectivity index (χ4v) is 2.04. The minimum absolute atomic E-state index is 0.367. The number of benzene rings is 1. The number of nitrogens with zero attached hydrogens (tertiary/aromatic N) is 3. The number of aromatic nitrogens is 2. The Morgan fingerprint density at radius 3 is 2.38 bits per heavy atom. The predicted octanol–water partition coefficient (Wildman–Crippen LogP) is 3.77. The third-order valence-electron chi connectivity index (χ3n) is 3.21. The summed E-state index contributed by atoms with van der Waals surface area (Å²) in [7, 11) is 2.00. The minimum atomic E-state index is -0.547. The number of amides is 1. The first-order valence-electron chi connectivity index (χ1n) is 7.82. The van der Waals surface area contributed by atoms with Crippen LogP contribution in [0.25, 0.3) is 0 Å². The van der Waals surface area contributed by atoms with E-state index in [0.29, 0.717) is 12.4 Å². The summed E-state index contributed by atoms with van der Waals surface area (Å²) >= 11 is 0. The summed E-state index contributed by atoms with van der Waals surface area (Å²) in [6.07, 6.45) is 2.64. The Kier molecular flexibility index (Phi) is 5.39. The van der Waals surface area contributed by atoms with Gasteiger partial charge in [-0.3, -0.25) is 10.3 Å². The molecule has 24 heavy (non-hydrogen) atoms. The molecule has 1 N–H and O–H groups in total. The van der Waals surface area contributed by atoms with Crippen LogP contribution in [-0.2, 0) is 11.3 Å². The molecule has 128 valence electrons. The molecule has 0 atom stereocenters. The fraction of sp³-hybridized carbons (Fsp3) is 0.389. The highest BCUT2D eigenvalue weighted by atomic mass is 16.6. The monoisotopic (exact) mass is 328 g/mol. The largest absolute Gasteiger partial charge is 0.444 e. The van der Waals surface area contributed by atoms with Crippen molar-refractivity contribution < 1.29 is 9.53 Å². The van der Waals surface area contributed by atoms with Gasteiger partial charge in [0.1, 0.15) is 5.60 Å². The van der Waals surface area contributed by atoms with Gasteiger partial charge in [0.25, 0.3) is 0 Å². The first-order valence-corrected chi connectivity index (χ1v) is 7.82. The summed E-state index contributed by atoms with van der Waals surface area (Å²) in [6, 6.07) is 8.29. The van der Waals surface area contributed by atoms with Crippen molar-refractivity contribution in [1.29, 1.82) is 0 Å². The van der Waals surface area contributed by atoms with Gasteiger partial charge in [0.05, 0.1) is 24.6 Å². The van der Waals surface area contributed by atoms with E-state index in [0.717, 1.165) is 11.4 Å². The van der Waals surface area contributed by atoms with Crippen LogP contribution in [0.1, 0.15) is 32.0 Å². The second-order valence-electron chi connectivity index (χ2n) is 6.71. The molecule has 1 amide bonds. The van der Waals surface area contributed by atoms with Crippen LogP contribution in [-0.4, -0.2) is 28.7 Å². The lowest BCUT2D eigenvalue weighted by molar-refractivity contribution is 0.0635. The Balaban J connectivity index is 1.94. The number of carbonyl (C=O) groups excluding carboxylic acids is 1. The van der Waals surface area contributed by atoms with E-state index in [1.165, 1.54) is 11.8 Å². The number of anilines is 2. The van der Waals surface area contributed by atoms with Crippen LogP contribution in [0.15, 0.2) is 36.7 Å². The number of nitrogens with one attached hydrogen (secondary N) is 1. The lowest BCUT2D eigenvalue weighted by atomic mass is 10.2. The molecule has 0 saturated heterocycles. The van der Waals surface area contributed by atoms with E-state index >= 15 is 0 Å². The van der Waals surface area contributed by atoms with Crippen molar-refractivity contribution in [3.8, 4) is 0 Å². The molecule has 0 fully saturated rings. The van der Waals surface area contributed by atoms with Gasteiger partial charge >= 0.3 is 6.09 Å². The zero-order valence-electron chi connectivity index (χ0n) is 14.8. The average molecular weight is 328 g/mol. The quantitative estimate of drug-likeness (QED) is 0.925. The lowest BCUT2D eigenvalue weighted by Gasteiger charge is -2.20. The van der Waals surface area contributed by atoms with Gasteiger partial charge in [-0.15, -0.1) is 0 Å². The highest BCUT2D eigenvalue weighted by molar-refractivity contribution is 5.83. The van der Waals surface area contributed by atoms with Gasteiger partial charge in [-0.2, -0.15) is 0 Å². The number of aryl methyl sites for hydroxylation is 1. The highest BCUT2D eigenvalue weighted by Crippen LogP contribution is 2.16. The molecule has 0 bridgehead atoms. The maximum Gasteiger partial charge on any atom is 0.413 e. The number of hydrogen-bond donors (Lipinski definition) is 1. The molecule has 6 nitrogen and oxygen atoms in total. The topological polar surface area (TPSA) is 67.4 Å². The molecule has 0 spiro atoms. The van der Waals surface area contributed by atoms with E-state index < -0.39 is 11.7 Å². The Morgan fingerprint density at radius 2 is 1.83 bits per heavy atom. The third-order valence-corrected chi connectivity index (χ3v) is 3.21. The number of hydrogen-bond acceptors (Lipinski definition) is 5. The van der Waals surface area contributed by atoms with Gasteiger partial charge in [-0.25, -0.2) is 9.78 Å². The first-order chi connectivity index (χ1) is 11.2. The minimum Gasteiger partial charge on any atom is -0.444 e. The second kappa shape index (κ2) is 7.29. The SMILES string of the molecule is Cc1ccc(N(C)Cc2cnc(NC(=O)OC(C)(C)C)cn2)cc1. The summed E-state index contributed by atoms with van der Waals surface area (Å²) in [5, 5.41) is 2.57. The van der Waals surface area contributed by atoms with Gasteiger partial charge in [-0.1, -0.05) is 17.7 Å². The number of ether oxygens (including phenoxy) is 1. The van der Waals surface area contributed by atoms with Crippen LogP contribution in [0.4, 0.5) is 16.3 Å². The summed E-state index contributed by atoms with van der Waals surface area (Å²) in [5.41, 5.74) is 2.60. The Hall–Kier alpha value is -2.63. The summed E-state index contributed by atoms with van der Waals surface area (Å²) in [5.74, 6) is 0.367. The number of rotatable bonds is 4. The smallest absolute Gasteiger partial charge is 0.413 e. The second-order valence-corrected chi connectivity index (χ2v) is 6.71. The zero-order valence-corrected chi connectivity index (χ0v) is 14.8. The normalized spacial score (nSPS) is 11.0. The number of carbonyl (C=O) groups is 1. The van der Waals surface area contributed by atoms with E-state index in [1.807, 2.05) is 27.8 Å². The van der Waals surface area contributed by atoms with E-state index in [1.54, 1.807) is 6.20 Å². The van der Waals surface area contributed by atoms with Crippen molar-refractivity contribution in [2.24, 2.45) is 0 Å². The Bertz CT molecular complexity index is 676. The van der Waals surface area contributed by atoms with Crippen molar-refractivity contribution in [3.63, 3.8) is 0 Å². The third kappa shape index (κ3) is 5.53. The standard InChI is InChI=1S/C18H24N4O2/c1-13-6-8-15(9-7-13)22(5)12-14-10-20-16(11-19-14)21-17(23)24-18(2,3)4/h6-11H,12H2,1-5H3,(H,20,21,23). The maximum absolute atomic E-state index is 11.7. The molecular weight excluding hydrogens is 304 g/mol. The molecule has 1 heterocycles. The molecule has 0 aliphatic rings. The fourth-order valence-electron chi connectivity index (χ4n) is 2.04. The van der Waals surface area contributed by atoms with Gasteiger partial charge in [0.2, 0.25) is 0 Å². The van der Waals surface area contributed by atoms with Crippen LogP contribution < -0.4 is 10.2 Å². The Morgan fingerprint density at radius 1 is 1.17 bits per heavy atom. The Labute approximate surface area is 142 Å². The molecule has 0 aliphatic heterocycles. The van der Waals surface area contributed by atoms with Crippen molar-refractivity contribution in [3.05, 3.63) is 47.9 Å². The van der Waals surface area contributed by atoms with Gasteiger partial charge in [0, 0.05) is 12.7 Å². The van der Waals surface area contributed by atoms with E-state index in [9.17, 15) is 4.79 Å². The summed E-state index contributed by atoms with van der Waals surface area (Å²) < 4.78 is 5.18. The van der Waals surface area contributed by atoms with Crippen molar-refractivity contribution in [1.82, 2.24) is 9.97 Å². The first kappa shape index (κ1) is 17.7. The van der Waals surface area contributed by atoms with Gasteiger partial charge in [0.15, 0.2) is 5.82 Å². The summed E-state index contributed by atoms with van der Waals surface area (Å²) in [6.45, 7) is 8.11. The molecule has 1 aromatic carbocycles. The van der Waals surface area contributed by atoms with Crippen LogP contribution >= 0.6 is 0 Å². The lowest BCUT2D eigenvalue weighted by Crippen LogP contribution is -2.27. The molecule has 0 aliphatic carbocycles. The predicted molar refractivity (Wildman–Crippen MR) is 95.2 cm³/mol. The molecule has 0 unspecified atom stereocenters. The van der Waals surface area contributed by atoms with Crippen LogP contribution in [0.2, 0.25) is 0 Å². The molecule has 0 radical (unpaired) electrons. The molecule has 1 aromatic heterocycles. The van der Waals surface area contributed by atoms with Crippen molar-refractivity contribution in [2.45, 2.75) is 39.8 Å². The van der Waals surface area contributed by atoms with Crippen LogP contribution in [0.5, 0.6) is 0 Å². The highest BCUT2D eigenvalue weighted by Gasteiger charge is 2.16. The van der Waals surface area contributed by atoms with Crippen molar-refractivity contribution >= 4 is 17.6 Å². The van der Waals surface area contributed by atoms with Crippen molar-refractivity contribution in [2.75, 3.05) is 17.3 Å². The van der Waals surface area contributed by atoms with Crippen LogP contribution in [0.3, 0.4) is 0 Å². The van der Waals surface area contributed by atoms with E-state index in [2.05, 4.69) is 51.4 Å².